The van der Waals surface area contributed by atoms with Crippen LogP contribution in [0.1, 0.15) is 109 Å². The Kier molecular flexibility index (Phi) is 17.4. The lowest BCUT2D eigenvalue weighted by atomic mass is 9.87. The average molecular weight is 564 g/mol. The number of carboxylic acids is 1. The number of aromatic amines is 1. The van der Waals surface area contributed by atoms with Crippen molar-refractivity contribution in [3.63, 3.8) is 0 Å². The minimum atomic E-state index is -0.968. The van der Waals surface area contributed by atoms with Gasteiger partial charge < -0.3 is 31.0 Å². The van der Waals surface area contributed by atoms with E-state index in [1.807, 2.05) is 19.1 Å². The van der Waals surface area contributed by atoms with E-state index in [-0.39, 0.29) is 36.5 Å². The number of H-pyrrole nitrogens is 1. The molecule has 0 aromatic carbocycles. The van der Waals surface area contributed by atoms with Crippen molar-refractivity contribution in [2.45, 2.75) is 104 Å². The van der Waals surface area contributed by atoms with Gasteiger partial charge in [-0.2, -0.15) is 4.99 Å². The smallest absolute Gasteiger partial charge is 0.317 e. The molecule has 0 radical (unpaired) electrons. The predicted octanol–water partition coefficient (Wildman–Crippen LogP) is 4.50. The number of aromatic nitrogens is 1. The van der Waals surface area contributed by atoms with Crippen LogP contribution in [0.25, 0.3) is 0 Å². The number of amides is 1. The van der Waals surface area contributed by atoms with Crippen LogP contribution in [0.15, 0.2) is 22.1 Å². The Morgan fingerprint density at radius 2 is 1.80 bits per heavy atom. The molecule has 40 heavy (non-hydrogen) atoms. The third-order valence-electron chi connectivity index (χ3n) is 6.08. The summed E-state index contributed by atoms with van der Waals surface area (Å²) in [7, 11) is 0. The molecular weight excluding hydrogens is 514 g/mol. The van der Waals surface area contributed by atoms with Gasteiger partial charge in [-0.15, -0.1) is 0 Å². The zero-order chi connectivity index (χ0) is 29.9. The van der Waals surface area contributed by atoms with Crippen LogP contribution >= 0.6 is 0 Å². The van der Waals surface area contributed by atoms with Crippen molar-refractivity contribution < 1.29 is 29.0 Å². The number of aliphatic carboxylic acids is 1. The number of carboxylic acid groups (broad SMARTS) is 1. The highest BCUT2D eigenvalue weighted by Crippen LogP contribution is 2.33. The van der Waals surface area contributed by atoms with Crippen molar-refractivity contribution in [3.8, 4) is 0 Å². The molecule has 11 heteroatoms. The molecule has 0 bridgehead atoms. The van der Waals surface area contributed by atoms with Crippen LogP contribution < -0.4 is 11.5 Å². The lowest BCUT2D eigenvalue weighted by Crippen LogP contribution is -2.20. The van der Waals surface area contributed by atoms with Crippen molar-refractivity contribution >= 4 is 30.0 Å². The molecule has 226 valence electrons. The van der Waals surface area contributed by atoms with Crippen molar-refractivity contribution in [2.24, 2.45) is 33.3 Å². The fourth-order valence-corrected chi connectivity index (χ4v) is 4.28. The van der Waals surface area contributed by atoms with Crippen molar-refractivity contribution in [2.75, 3.05) is 13.2 Å². The maximum absolute atomic E-state index is 12.1. The highest BCUT2D eigenvalue weighted by molar-refractivity contribution is 6.06. The number of rotatable bonds is 9. The molecule has 3 rings (SSSR count). The van der Waals surface area contributed by atoms with E-state index in [0.29, 0.717) is 31.1 Å². The third kappa shape index (κ3) is 14.9. The first-order chi connectivity index (χ1) is 19.1. The van der Waals surface area contributed by atoms with Gasteiger partial charge in [-0.25, -0.2) is 4.99 Å². The second-order valence-corrected chi connectivity index (χ2v) is 10.7. The monoisotopic (exact) mass is 563 g/mol. The number of ether oxygens (including phenoxy) is 2. The number of nitrogens with zero attached hydrogens (tertiary/aromatic N) is 2. The lowest BCUT2D eigenvalue weighted by molar-refractivity contribution is -0.149. The summed E-state index contributed by atoms with van der Waals surface area (Å²) in [4.78, 5) is 44.6. The number of esters is 1. The minimum Gasteiger partial charge on any atom is -0.480 e. The largest absolute Gasteiger partial charge is 0.480 e. The molecule has 0 spiro atoms. The molecule has 11 nitrogen and oxygen atoms in total. The molecule has 6 N–H and O–H groups in total. The molecule has 1 aromatic rings. The Bertz CT molecular complexity index is 950. The maximum atomic E-state index is 12.1. The van der Waals surface area contributed by atoms with Crippen molar-refractivity contribution in [3.05, 3.63) is 23.5 Å². The van der Waals surface area contributed by atoms with Gasteiger partial charge in [0, 0.05) is 18.5 Å². The van der Waals surface area contributed by atoms with Gasteiger partial charge in [-0.05, 0) is 56.1 Å². The van der Waals surface area contributed by atoms with Gasteiger partial charge in [-0.1, -0.05) is 47.0 Å². The number of aliphatic imine (C=N–C) groups is 2. The first-order valence-corrected chi connectivity index (χ1v) is 14.4. The van der Waals surface area contributed by atoms with Crippen LogP contribution in [-0.4, -0.2) is 59.4 Å². The average Bonchev–Trinajstić information content (AvgIpc) is 3.58. The van der Waals surface area contributed by atoms with Gasteiger partial charge >= 0.3 is 11.9 Å². The van der Waals surface area contributed by atoms with E-state index in [1.54, 1.807) is 0 Å². The fourth-order valence-electron chi connectivity index (χ4n) is 4.28. The van der Waals surface area contributed by atoms with Crippen LogP contribution in [0.4, 0.5) is 0 Å². The molecular formula is C29H49N5O6. The number of hydrogen-bond acceptors (Lipinski definition) is 6. The SMILES string of the molecule is CC(C)C.CCCC(=O)N=C(N=CN)c1ccc(C2CCC(COC(=O)CC3CCCCC3)O2)[nH]1.NCC(=O)O. The normalized spacial score (nSPS) is 19.5. The summed E-state index contributed by atoms with van der Waals surface area (Å²) in [5.41, 5.74) is 11.5. The van der Waals surface area contributed by atoms with E-state index in [9.17, 15) is 14.4 Å². The fraction of sp³-hybridized carbons (Fsp3) is 0.690. The third-order valence-corrected chi connectivity index (χ3v) is 6.08. The maximum Gasteiger partial charge on any atom is 0.317 e. The Labute approximate surface area is 238 Å². The number of amidine groups is 1. The Balaban J connectivity index is 0.000000773. The molecule has 1 aliphatic heterocycles. The van der Waals surface area contributed by atoms with Crippen LogP contribution in [0.3, 0.4) is 0 Å². The van der Waals surface area contributed by atoms with Gasteiger partial charge in [0.25, 0.3) is 0 Å². The molecule has 1 amide bonds. The number of carbonyl (C=O) groups is 3. The van der Waals surface area contributed by atoms with Crippen molar-refractivity contribution in [1.82, 2.24) is 4.98 Å². The van der Waals surface area contributed by atoms with E-state index in [1.165, 1.54) is 19.3 Å². The van der Waals surface area contributed by atoms with Crippen LogP contribution in [0, 0.1) is 11.8 Å². The van der Waals surface area contributed by atoms with Gasteiger partial charge in [0.05, 0.1) is 30.8 Å². The summed E-state index contributed by atoms with van der Waals surface area (Å²) in [5.74, 6) is 0.264. The molecule has 1 aliphatic carbocycles. The number of nitrogens with two attached hydrogens (primary N) is 2. The summed E-state index contributed by atoms with van der Waals surface area (Å²) < 4.78 is 11.6. The number of hydrogen-bond donors (Lipinski definition) is 4. The zero-order valence-corrected chi connectivity index (χ0v) is 24.6. The van der Waals surface area contributed by atoms with Crippen LogP contribution in [0.5, 0.6) is 0 Å². The molecule has 1 saturated heterocycles. The van der Waals surface area contributed by atoms with Crippen LogP contribution in [0.2, 0.25) is 0 Å². The van der Waals surface area contributed by atoms with E-state index in [2.05, 4.69) is 41.5 Å². The van der Waals surface area contributed by atoms with Crippen molar-refractivity contribution in [1.29, 1.82) is 0 Å². The highest BCUT2D eigenvalue weighted by atomic mass is 16.6. The summed E-state index contributed by atoms with van der Waals surface area (Å²) >= 11 is 0. The number of carbonyl (C=O) groups excluding carboxylic acids is 2. The number of nitrogens with one attached hydrogen (secondary N) is 1. The molecule has 2 aliphatic rings. The van der Waals surface area contributed by atoms with Gasteiger partial charge in [-0.3, -0.25) is 14.4 Å². The second kappa shape index (κ2) is 19.9. The second-order valence-electron chi connectivity index (χ2n) is 10.7. The van der Waals surface area contributed by atoms with Gasteiger partial charge in [0.15, 0.2) is 5.84 Å². The van der Waals surface area contributed by atoms with E-state index in [0.717, 1.165) is 50.1 Å². The molecule has 1 saturated carbocycles. The van der Waals surface area contributed by atoms with E-state index in [4.69, 9.17) is 20.3 Å². The minimum absolute atomic E-state index is 0.103. The Morgan fingerprint density at radius 1 is 1.15 bits per heavy atom. The predicted molar refractivity (Wildman–Crippen MR) is 156 cm³/mol. The van der Waals surface area contributed by atoms with Crippen LogP contribution in [-0.2, 0) is 23.9 Å². The molecule has 2 heterocycles. The van der Waals surface area contributed by atoms with E-state index >= 15 is 0 Å². The quantitative estimate of drug-likeness (QED) is 0.192. The zero-order valence-electron chi connectivity index (χ0n) is 24.6. The highest BCUT2D eigenvalue weighted by Gasteiger charge is 2.29. The topological polar surface area (TPSA) is 182 Å². The first kappa shape index (κ1) is 35.0. The molecule has 2 unspecified atom stereocenters. The van der Waals surface area contributed by atoms with Gasteiger partial charge in [0.2, 0.25) is 5.91 Å². The molecule has 2 fully saturated rings. The summed E-state index contributed by atoms with van der Waals surface area (Å²) in [6, 6.07) is 3.73. The Hall–Kier alpha value is -3.05. The standard InChI is InChI=1S/C23H34N4O4.C4H10.C2H5NO2/c1-2-6-21(28)27-23(25-15-24)19-11-10-18(26-19)20-12-9-17(31-20)14-30-22(29)13-16-7-4-3-5-8-16;1-4(2)3;3-1-2(4)5/h10-11,15-17,20,26H,2-9,12-14H2,1H3,(H2,24,25,27,28);4H,1-3H3;1,3H2,(H,4,5). The summed E-state index contributed by atoms with van der Waals surface area (Å²) in [6.07, 6.45) is 10.2. The Morgan fingerprint density at radius 3 is 2.38 bits per heavy atom. The lowest BCUT2D eigenvalue weighted by Gasteiger charge is -2.21. The summed E-state index contributed by atoms with van der Waals surface area (Å²) in [5, 5.41) is 7.60. The molecule has 2 atom stereocenters. The van der Waals surface area contributed by atoms with Gasteiger partial charge in [0.1, 0.15) is 6.61 Å². The first-order valence-electron chi connectivity index (χ1n) is 14.4. The molecule has 1 aromatic heterocycles. The summed E-state index contributed by atoms with van der Waals surface area (Å²) in [6.45, 7) is 8.44. The van der Waals surface area contributed by atoms with E-state index < -0.39 is 5.97 Å².